The molecule has 0 aromatic carbocycles. The molecule has 0 radical (unpaired) electrons. The minimum atomic E-state index is 0.334. The molecule has 18 heavy (non-hydrogen) atoms. The van der Waals surface area contributed by atoms with E-state index in [0.29, 0.717) is 36.0 Å². The highest BCUT2D eigenvalue weighted by Gasteiger charge is 2.18. The third-order valence-corrected chi connectivity index (χ3v) is 2.93. The van der Waals surface area contributed by atoms with Crippen molar-refractivity contribution in [2.75, 3.05) is 38.3 Å². The summed E-state index contributed by atoms with van der Waals surface area (Å²) in [4.78, 5) is 10.5. The van der Waals surface area contributed by atoms with Crippen molar-refractivity contribution >= 4 is 23.3 Å². The van der Waals surface area contributed by atoms with E-state index in [1.165, 1.54) is 4.52 Å². The molecule has 1 aliphatic heterocycles. The number of rotatable bonds is 2. The quantitative estimate of drug-likeness (QED) is 0.745. The summed E-state index contributed by atoms with van der Waals surface area (Å²) in [6.45, 7) is 2.90. The molecular formula is C10H12ClN5O2. The summed E-state index contributed by atoms with van der Waals surface area (Å²) in [7, 11) is 1.56. The monoisotopic (exact) mass is 269 g/mol. The maximum absolute atomic E-state index is 5.89. The minimum absolute atomic E-state index is 0.334. The molecule has 2 aromatic rings. The highest BCUT2D eigenvalue weighted by atomic mass is 35.5. The number of halogens is 1. The van der Waals surface area contributed by atoms with Crippen LogP contribution in [0.3, 0.4) is 0 Å². The third kappa shape index (κ3) is 1.95. The van der Waals surface area contributed by atoms with Gasteiger partial charge in [-0.3, -0.25) is 0 Å². The zero-order valence-electron chi connectivity index (χ0n) is 9.84. The molecule has 7 nitrogen and oxygen atoms in total. The van der Waals surface area contributed by atoms with Crippen LogP contribution in [0.1, 0.15) is 0 Å². The number of hydrogen-bond donors (Lipinski definition) is 0. The van der Waals surface area contributed by atoms with Gasteiger partial charge in [-0.15, -0.1) is 5.10 Å². The van der Waals surface area contributed by atoms with Gasteiger partial charge in [0.15, 0.2) is 0 Å². The normalized spacial score (nSPS) is 16.2. The van der Waals surface area contributed by atoms with Crippen LogP contribution < -0.4 is 9.64 Å². The maximum Gasteiger partial charge on any atom is 0.258 e. The average Bonchev–Trinajstić information content (AvgIpc) is 2.82. The lowest BCUT2D eigenvalue weighted by atomic mass is 10.4. The highest BCUT2D eigenvalue weighted by Crippen LogP contribution is 2.19. The molecule has 3 rings (SSSR count). The average molecular weight is 270 g/mol. The summed E-state index contributed by atoms with van der Waals surface area (Å²) in [6, 6.07) is 1.60. The highest BCUT2D eigenvalue weighted by molar-refractivity contribution is 6.29. The third-order valence-electron chi connectivity index (χ3n) is 2.74. The van der Waals surface area contributed by atoms with E-state index in [0.717, 1.165) is 13.1 Å². The van der Waals surface area contributed by atoms with Gasteiger partial charge in [-0.25, -0.2) is 0 Å². The Morgan fingerprint density at radius 1 is 1.33 bits per heavy atom. The Hall–Kier alpha value is -1.60. The predicted octanol–water partition coefficient (Wildman–Crippen LogP) is 0.623. The minimum Gasteiger partial charge on any atom is -0.481 e. The second-order valence-corrected chi connectivity index (χ2v) is 4.23. The summed E-state index contributed by atoms with van der Waals surface area (Å²) < 4.78 is 12.0. The first kappa shape index (κ1) is 11.5. The van der Waals surface area contributed by atoms with Gasteiger partial charge in [0.05, 0.1) is 20.3 Å². The Labute approximate surface area is 108 Å². The molecule has 0 N–H and O–H groups in total. The van der Waals surface area contributed by atoms with Gasteiger partial charge >= 0.3 is 0 Å². The zero-order valence-corrected chi connectivity index (χ0v) is 10.6. The molecule has 0 unspecified atom stereocenters. The topological polar surface area (TPSA) is 64.8 Å². The van der Waals surface area contributed by atoms with Crippen molar-refractivity contribution in [3.8, 4) is 5.88 Å². The van der Waals surface area contributed by atoms with Gasteiger partial charge in [0.2, 0.25) is 11.8 Å². The standard InChI is InChI=1S/C10H12ClN5O2/c1-17-8-6-7(11)12-9-13-10(14-16(8)9)15-2-4-18-5-3-15/h6H,2-5H2,1H3. The van der Waals surface area contributed by atoms with Crippen LogP contribution >= 0.6 is 11.6 Å². The Morgan fingerprint density at radius 2 is 2.11 bits per heavy atom. The van der Waals surface area contributed by atoms with Crippen LogP contribution in [0.15, 0.2) is 6.07 Å². The van der Waals surface area contributed by atoms with E-state index in [9.17, 15) is 0 Å². The van der Waals surface area contributed by atoms with Gasteiger partial charge in [-0.05, 0) is 0 Å². The first-order valence-electron chi connectivity index (χ1n) is 5.58. The molecular weight excluding hydrogens is 258 g/mol. The Kier molecular flexibility index (Phi) is 2.92. The number of morpholine rings is 1. The maximum atomic E-state index is 5.89. The number of aromatic nitrogens is 4. The SMILES string of the molecule is COc1cc(Cl)nc2nc(N3CCOCC3)nn12. The first-order chi connectivity index (χ1) is 8.78. The van der Waals surface area contributed by atoms with E-state index in [4.69, 9.17) is 21.1 Å². The van der Waals surface area contributed by atoms with E-state index in [-0.39, 0.29) is 0 Å². The molecule has 0 atom stereocenters. The van der Waals surface area contributed by atoms with Gasteiger partial charge < -0.3 is 14.4 Å². The lowest BCUT2D eigenvalue weighted by molar-refractivity contribution is 0.122. The Balaban J connectivity index is 2.04. The Bertz CT molecular complexity index is 567. The van der Waals surface area contributed by atoms with Crippen LogP contribution in [0.2, 0.25) is 5.15 Å². The fourth-order valence-corrected chi connectivity index (χ4v) is 2.02. The van der Waals surface area contributed by atoms with E-state index >= 15 is 0 Å². The van der Waals surface area contributed by atoms with Crippen molar-refractivity contribution in [3.05, 3.63) is 11.2 Å². The molecule has 0 aliphatic carbocycles. The van der Waals surface area contributed by atoms with E-state index in [2.05, 4.69) is 15.1 Å². The molecule has 96 valence electrons. The number of nitrogens with zero attached hydrogens (tertiary/aromatic N) is 5. The van der Waals surface area contributed by atoms with Crippen molar-refractivity contribution in [1.29, 1.82) is 0 Å². The molecule has 0 bridgehead atoms. The molecule has 0 saturated carbocycles. The fraction of sp³-hybridized carbons (Fsp3) is 0.500. The molecule has 1 fully saturated rings. The second-order valence-electron chi connectivity index (χ2n) is 3.84. The van der Waals surface area contributed by atoms with Crippen molar-refractivity contribution < 1.29 is 9.47 Å². The number of anilines is 1. The molecule has 2 aromatic heterocycles. The molecule has 0 spiro atoms. The molecule has 0 amide bonds. The predicted molar refractivity (Wildman–Crippen MR) is 65.4 cm³/mol. The lowest BCUT2D eigenvalue weighted by Gasteiger charge is -2.25. The van der Waals surface area contributed by atoms with Gasteiger partial charge in [0.25, 0.3) is 5.78 Å². The lowest BCUT2D eigenvalue weighted by Crippen LogP contribution is -2.36. The summed E-state index contributed by atoms with van der Waals surface area (Å²) in [5, 5.41) is 4.71. The van der Waals surface area contributed by atoms with Crippen LogP contribution in [0, 0.1) is 0 Å². The zero-order chi connectivity index (χ0) is 12.5. The number of fused-ring (bicyclic) bond motifs is 1. The van der Waals surface area contributed by atoms with Crippen LogP contribution in [-0.4, -0.2) is 53.0 Å². The van der Waals surface area contributed by atoms with Crippen LogP contribution in [0.5, 0.6) is 5.88 Å². The second kappa shape index (κ2) is 4.58. The van der Waals surface area contributed by atoms with Crippen molar-refractivity contribution in [1.82, 2.24) is 19.6 Å². The van der Waals surface area contributed by atoms with Gasteiger partial charge in [0.1, 0.15) is 5.15 Å². The van der Waals surface area contributed by atoms with Gasteiger partial charge in [-0.2, -0.15) is 14.5 Å². The van der Waals surface area contributed by atoms with Crippen molar-refractivity contribution in [3.63, 3.8) is 0 Å². The van der Waals surface area contributed by atoms with E-state index in [1.807, 2.05) is 4.90 Å². The fourth-order valence-electron chi connectivity index (χ4n) is 1.85. The van der Waals surface area contributed by atoms with Crippen molar-refractivity contribution in [2.45, 2.75) is 0 Å². The summed E-state index contributed by atoms with van der Waals surface area (Å²) >= 11 is 5.89. The number of ether oxygens (including phenoxy) is 2. The van der Waals surface area contributed by atoms with Crippen LogP contribution in [0.4, 0.5) is 5.95 Å². The van der Waals surface area contributed by atoms with E-state index < -0.39 is 0 Å². The molecule has 8 heteroatoms. The van der Waals surface area contributed by atoms with E-state index in [1.54, 1.807) is 13.2 Å². The molecule has 1 aliphatic rings. The molecule has 1 saturated heterocycles. The van der Waals surface area contributed by atoms with Crippen molar-refractivity contribution in [2.24, 2.45) is 0 Å². The van der Waals surface area contributed by atoms with Crippen LogP contribution in [0.25, 0.3) is 5.78 Å². The molecule has 3 heterocycles. The van der Waals surface area contributed by atoms with Gasteiger partial charge in [-0.1, -0.05) is 11.6 Å². The Morgan fingerprint density at radius 3 is 2.83 bits per heavy atom. The smallest absolute Gasteiger partial charge is 0.258 e. The number of hydrogen-bond acceptors (Lipinski definition) is 6. The largest absolute Gasteiger partial charge is 0.481 e. The summed E-state index contributed by atoms with van der Waals surface area (Å²) in [6.07, 6.45) is 0. The number of methoxy groups -OCH3 is 1. The summed E-state index contributed by atoms with van der Waals surface area (Å²) in [5.74, 6) is 1.56. The van der Waals surface area contributed by atoms with Crippen LogP contribution in [-0.2, 0) is 4.74 Å². The first-order valence-corrected chi connectivity index (χ1v) is 5.96. The van der Waals surface area contributed by atoms with Gasteiger partial charge in [0, 0.05) is 19.2 Å². The summed E-state index contributed by atoms with van der Waals surface area (Å²) in [5.41, 5.74) is 0.